The van der Waals surface area contributed by atoms with Crippen LogP contribution in [0.2, 0.25) is 10.0 Å². The summed E-state index contributed by atoms with van der Waals surface area (Å²) in [6.45, 7) is 4.35. The van der Waals surface area contributed by atoms with Crippen LogP contribution in [0.25, 0.3) is 10.9 Å². The van der Waals surface area contributed by atoms with E-state index in [0.717, 1.165) is 28.7 Å². The summed E-state index contributed by atoms with van der Waals surface area (Å²) in [5.41, 5.74) is 2.90. The standard InChI is InChI=1S/C14H16Cl2N2/c1-8(2)4-10-7-12(17-3)14-11(16)5-9(15)6-13(14)18-10/h5-8H,4H2,1-3H3,(H,17,18). The molecular formula is C14H16Cl2N2. The Morgan fingerprint density at radius 3 is 2.56 bits per heavy atom. The Balaban J connectivity index is 2.67. The van der Waals surface area contributed by atoms with Gasteiger partial charge in [0.05, 0.1) is 10.5 Å². The Labute approximate surface area is 117 Å². The number of anilines is 1. The zero-order chi connectivity index (χ0) is 13.3. The fraction of sp³-hybridized carbons (Fsp3) is 0.357. The third-order valence-electron chi connectivity index (χ3n) is 2.77. The summed E-state index contributed by atoms with van der Waals surface area (Å²) in [6, 6.07) is 5.66. The molecule has 0 bridgehead atoms. The van der Waals surface area contributed by atoms with Crippen LogP contribution >= 0.6 is 23.2 Å². The first kappa shape index (κ1) is 13.4. The number of pyridine rings is 1. The quantitative estimate of drug-likeness (QED) is 0.876. The van der Waals surface area contributed by atoms with Gasteiger partial charge >= 0.3 is 0 Å². The number of benzene rings is 1. The number of nitrogens with one attached hydrogen (secondary N) is 1. The first-order chi connectivity index (χ1) is 8.51. The van der Waals surface area contributed by atoms with Crippen LogP contribution < -0.4 is 5.32 Å². The van der Waals surface area contributed by atoms with E-state index in [9.17, 15) is 0 Å². The van der Waals surface area contributed by atoms with Gasteiger partial charge in [0.2, 0.25) is 0 Å². The van der Waals surface area contributed by atoms with E-state index in [4.69, 9.17) is 23.2 Å². The summed E-state index contributed by atoms with van der Waals surface area (Å²) in [4.78, 5) is 4.64. The minimum atomic E-state index is 0.564. The lowest BCUT2D eigenvalue weighted by molar-refractivity contribution is 0.637. The molecule has 0 amide bonds. The first-order valence-electron chi connectivity index (χ1n) is 5.97. The van der Waals surface area contributed by atoms with Gasteiger partial charge in [-0.05, 0) is 30.5 Å². The highest BCUT2D eigenvalue weighted by molar-refractivity contribution is 6.39. The third kappa shape index (κ3) is 2.70. The second-order valence-corrected chi connectivity index (χ2v) is 5.63. The van der Waals surface area contributed by atoms with Crippen molar-refractivity contribution in [3.63, 3.8) is 0 Å². The van der Waals surface area contributed by atoms with Crippen LogP contribution in [0, 0.1) is 5.92 Å². The van der Waals surface area contributed by atoms with E-state index in [0.29, 0.717) is 16.0 Å². The van der Waals surface area contributed by atoms with Gasteiger partial charge in [0.1, 0.15) is 0 Å². The Hall–Kier alpha value is -0.990. The van der Waals surface area contributed by atoms with Gasteiger partial charge in [-0.25, -0.2) is 0 Å². The van der Waals surface area contributed by atoms with Crippen molar-refractivity contribution in [2.24, 2.45) is 5.92 Å². The van der Waals surface area contributed by atoms with Crippen molar-refractivity contribution in [1.82, 2.24) is 4.98 Å². The maximum absolute atomic E-state index is 6.24. The maximum Gasteiger partial charge on any atom is 0.0755 e. The molecule has 2 nitrogen and oxygen atoms in total. The number of aromatic nitrogens is 1. The lowest BCUT2D eigenvalue weighted by Crippen LogP contribution is -2.00. The Morgan fingerprint density at radius 1 is 1.22 bits per heavy atom. The Bertz CT molecular complexity index is 580. The molecule has 2 rings (SSSR count). The average molecular weight is 283 g/mol. The van der Waals surface area contributed by atoms with Crippen LogP contribution in [0.1, 0.15) is 19.5 Å². The molecule has 18 heavy (non-hydrogen) atoms. The monoisotopic (exact) mass is 282 g/mol. The first-order valence-corrected chi connectivity index (χ1v) is 6.73. The summed E-state index contributed by atoms with van der Waals surface area (Å²) in [7, 11) is 1.89. The average Bonchev–Trinajstić information content (AvgIpc) is 2.25. The normalized spacial score (nSPS) is 11.2. The zero-order valence-electron chi connectivity index (χ0n) is 10.7. The number of hydrogen-bond acceptors (Lipinski definition) is 2. The minimum absolute atomic E-state index is 0.564. The fourth-order valence-corrected chi connectivity index (χ4v) is 2.65. The van der Waals surface area contributed by atoms with E-state index < -0.39 is 0 Å². The number of fused-ring (bicyclic) bond motifs is 1. The van der Waals surface area contributed by atoms with Crippen LogP contribution in [0.4, 0.5) is 5.69 Å². The molecule has 1 aromatic carbocycles. The topological polar surface area (TPSA) is 24.9 Å². The van der Waals surface area contributed by atoms with E-state index in [2.05, 4.69) is 30.2 Å². The van der Waals surface area contributed by atoms with Gasteiger partial charge in [-0.15, -0.1) is 0 Å². The molecule has 4 heteroatoms. The Kier molecular flexibility index (Phi) is 3.98. The number of rotatable bonds is 3. The van der Waals surface area contributed by atoms with E-state index >= 15 is 0 Å². The van der Waals surface area contributed by atoms with Crippen LogP contribution in [-0.4, -0.2) is 12.0 Å². The van der Waals surface area contributed by atoms with Crippen molar-refractivity contribution >= 4 is 39.8 Å². The number of hydrogen-bond donors (Lipinski definition) is 1. The highest BCUT2D eigenvalue weighted by Gasteiger charge is 2.10. The minimum Gasteiger partial charge on any atom is -0.387 e. The molecule has 0 spiro atoms. The van der Waals surface area contributed by atoms with Crippen molar-refractivity contribution in [2.45, 2.75) is 20.3 Å². The van der Waals surface area contributed by atoms with Crippen molar-refractivity contribution in [3.05, 3.63) is 33.9 Å². The molecule has 2 aromatic rings. The fourth-order valence-electron chi connectivity index (χ4n) is 2.06. The van der Waals surface area contributed by atoms with E-state index in [1.54, 1.807) is 6.07 Å². The molecule has 1 N–H and O–H groups in total. The van der Waals surface area contributed by atoms with Gasteiger partial charge in [-0.2, -0.15) is 0 Å². The van der Waals surface area contributed by atoms with Crippen molar-refractivity contribution < 1.29 is 0 Å². The number of halogens is 2. The Morgan fingerprint density at radius 2 is 1.94 bits per heavy atom. The molecule has 0 fully saturated rings. The van der Waals surface area contributed by atoms with Gasteiger partial charge in [-0.1, -0.05) is 37.0 Å². The summed E-state index contributed by atoms with van der Waals surface area (Å²) in [6.07, 6.45) is 0.939. The zero-order valence-corrected chi connectivity index (χ0v) is 12.2. The molecule has 0 aliphatic heterocycles. The van der Waals surface area contributed by atoms with E-state index in [-0.39, 0.29) is 0 Å². The summed E-state index contributed by atoms with van der Waals surface area (Å²) in [5.74, 6) is 0.564. The lowest BCUT2D eigenvalue weighted by Gasteiger charge is -2.12. The molecule has 1 aromatic heterocycles. The largest absolute Gasteiger partial charge is 0.387 e. The van der Waals surface area contributed by atoms with E-state index in [1.165, 1.54) is 0 Å². The third-order valence-corrected chi connectivity index (χ3v) is 3.28. The molecule has 0 unspecified atom stereocenters. The van der Waals surface area contributed by atoms with Crippen LogP contribution in [0.15, 0.2) is 18.2 Å². The van der Waals surface area contributed by atoms with Crippen LogP contribution in [0.3, 0.4) is 0 Å². The SMILES string of the molecule is CNc1cc(CC(C)C)nc2cc(Cl)cc(Cl)c12. The smallest absolute Gasteiger partial charge is 0.0755 e. The second-order valence-electron chi connectivity index (χ2n) is 4.79. The van der Waals surface area contributed by atoms with Crippen molar-refractivity contribution in [3.8, 4) is 0 Å². The summed E-state index contributed by atoms with van der Waals surface area (Å²) < 4.78 is 0. The lowest BCUT2D eigenvalue weighted by atomic mass is 10.1. The molecule has 0 saturated heterocycles. The van der Waals surface area contributed by atoms with Crippen molar-refractivity contribution in [2.75, 3.05) is 12.4 Å². The molecule has 0 atom stereocenters. The molecule has 0 radical (unpaired) electrons. The summed E-state index contributed by atoms with van der Waals surface area (Å²) >= 11 is 12.3. The highest BCUT2D eigenvalue weighted by atomic mass is 35.5. The predicted molar refractivity (Wildman–Crippen MR) is 79.9 cm³/mol. The van der Waals surface area contributed by atoms with Gasteiger partial charge in [-0.3, -0.25) is 4.98 Å². The predicted octanol–water partition coefficient (Wildman–Crippen LogP) is 4.78. The maximum atomic E-state index is 6.24. The van der Waals surface area contributed by atoms with Gasteiger partial charge in [0, 0.05) is 28.8 Å². The van der Waals surface area contributed by atoms with Gasteiger partial charge in [0.25, 0.3) is 0 Å². The van der Waals surface area contributed by atoms with Gasteiger partial charge < -0.3 is 5.32 Å². The molecule has 0 aliphatic carbocycles. The summed E-state index contributed by atoms with van der Waals surface area (Å²) in [5, 5.41) is 5.35. The van der Waals surface area contributed by atoms with Crippen LogP contribution in [0.5, 0.6) is 0 Å². The number of nitrogens with zero attached hydrogens (tertiary/aromatic N) is 1. The van der Waals surface area contributed by atoms with Crippen LogP contribution in [-0.2, 0) is 6.42 Å². The molecule has 0 saturated carbocycles. The van der Waals surface area contributed by atoms with Crippen molar-refractivity contribution in [1.29, 1.82) is 0 Å². The second kappa shape index (κ2) is 5.33. The molecule has 96 valence electrons. The molecular weight excluding hydrogens is 267 g/mol. The van der Waals surface area contributed by atoms with Gasteiger partial charge in [0.15, 0.2) is 0 Å². The molecule has 1 heterocycles. The highest BCUT2D eigenvalue weighted by Crippen LogP contribution is 2.33. The van der Waals surface area contributed by atoms with E-state index in [1.807, 2.05) is 13.1 Å². The molecule has 0 aliphatic rings.